The maximum atomic E-state index is 3.05. The fourth-order valence-electron chi connectivity index (χ4n) is 9.55. The highest BCUT2D eigenvalue weighted by Crippen LogP contribution is 2.35. The van der Waals surface area contributed by atoms with Gasteiger partial charge in [0.05, 0.1) is 0 Å². The molecule has 4 heterocycles. The lowest BCUT2D eigenvalue weighted by molar-refractivity contribution is -0.0707. The van der Waals surface area contributed by atoms with Crippen LogP contribution < -0.4 is 0 Å². The van der Waals surface area contributed by atoms with Gasteiger partial charge in [0.15, 0.2) is 0 Å². The van der Waals surface area contributed by atoms with Gasteiger partial charge in [-0.2, -0.15) is 0 Å². The van der Waals surface area contributed by atoms with Crippen LogP contribution in [0.3, 0.4) is 0 Å². The molecule has 4 saturated heterocycles. The van der Waals surface area contributed by atoms with Crippen LogP contribution in [-0.4, -0.2) is 141 Å². The topological polar surface area (TPSA) is 19.4 Å². The van der Waals surface area contributed by atoms with Crippen LogP contribution in [0.2, 0.25) is 0 Å². The summed E-state index contributed by atoms with van der Waals surface area (Å²) >= 11 is 0. The van der Waals surface area contributed by atoms with Crippen molar-refractivity contribution in [3.63, 3.8) is 0 Å². The van der Waals surface area contributed by atoms with E-state index in [0.29, 0.717) is 29.6 Å². The monoisotopic (exact) mass is 631 g/mol. The van der Waals surface area contributed by atoms with Crippen molar-refractivity contribution in [1.82, 2.24) is 29.4 Å². The second kappa shape index (κ2) is 14.3. The fraction of sp³-hybridized carbons (Fsp3) is 1.00. The van der Waals surface area contributed by atoms with Crippen LogP contribution in [0.15, 0.2) is 0 Å². The minimum atomic E-state index is 0.226. The maximum Gasteiger partial charge on any atom is 0.0230 e. The van der Waals surface area contributed by atoms with Gasteiger partial charge in [-0.1, -0.05) is 20.8 Å². The molecule has 0 aromatic carbocycles. The SMILES string of the molecule is CC1CN(C(C)(C)C)CC(CCC2CN(C(C)(C)C)CC(C)N2C2CCN(C(C)(C)C)CC2)N1C1CCN(CC(C)(C)C)CC1. The van der Waals surface area contributed by atoms with Crippen LogP contribution in [0, 0.1) is 5.41 Å². The Morgan fingerprint density at radius 3 is 1.16 bits per heavy atom. The van der Waals surface area contributed by atoms with Crippen molar-refractivity contribution >= 4 is 0 Å². The van der Waals surface area contributed by atoms with Gasteiger partial charge in [0.2, 0.25) is 0 Å². The third kappa shape index (κ3) is 9.91. The number of piperazine rings is 2. The third-order valence-electron chi connectivity index (χ3n) is 11.9. The molecule has 0 aromatic heterocycles. The molecule has 4 aliphatic rings. The van der Waals surface area contributed by atoms with Crippen molar-refractivity contribution in [2.75, 3.05) is 58.9 Å². The van der Waals surface area contributed by atoms with E-state index in [9.17, 15) is 0 Å². The Bertz CT molecular complexity index is 906. The first-order valence-electron chi connectivity index (χ1n) is 19.2. The third-order valence-corrected chi connectivity index (χ3v) is 11.9. The molecular formula is C39H78N6. The molecule has 4 fully saturated rings. The maximum absolute atomic E-state index is 3.05. The van der Waals surface area contributed by atoms with Gasteiger partial charge in [0.1, 0.15) is 0 Å². The van der Waals surface area contributed by atoms with Gasteiger partial charge in [-0.3, -0.25) is 24.5 Å². The zero-order valence-corrected chi connectivity index (χ0v) is 32.8. The molecule has 0 saturated carbocycles. The lowest BCUT2D eigenvalue weighted by Gasteiger charge is -2.56. The molecule has 4 rings (SSSR count). The molecule has 0 radical (unpaired) electrons. The van der Waals surface area contributed by atoms with Crippen LogP contribution in [-0.2, 0) is 0 Å². The van der Waals surface area contributed by atoms with Crippen LogP contribution in [0.1, 0.15) is 135 Å². The largest absolute Gasteiger partial charge is 0.303 e. The summed E-state index contributed by atoms with van der Waals surface area (Å²) in [6.45, 7) is 45.2. The van der Waals surface area contributed by atoms with Gasteiger partial charge in [-0.15, -0.1) is 0 Å². The van der Waals surface area contributed by atoms with Crippen molar-refractivity contribution < 1.29 is 0 Å². The molecular weight excluding hydrogens is 552 g/mol. The Labute approximate surface area is 281 Å². The van der Waals surface area contributed by atoms with E-state index in [1.807, 2.05) is 0 Å². The molecule has 45 heavy (non-hydrogen) atoms. The first kappa shape index (κ1) is 37.6. The molecule has 0 amide bonds. The van der Waals surface area contributed by atoms with Crippen molar-refractivity contribution in [3.05, 3.63) is 0 Å². The highest BCUT2D eigenvalue weighted by atomic mass is 15.4. The summed E-state index contributed by atoms with van der Waals surface area (Å²) in [5.74, 6) is 0. The van der Waals surface area contributed by atoms with Crippen LogP contribution in [0.4, 0.5) is 0 Å². The Morgan fingerprint density at radius 2 is 0.822 bits per heavy atom. The smallest absolute Gasteiger partial charge is 0.0230 e. The predicted molar refractivity (Wildman–Crippen MR) is 195 cm³/mol. The first-order chi connectivity index (χ1) is 20.6. The number of piperidine rings is 2. The zero-order valence-electron chi connectivity index (χ0n) is 32.8. The molecule has 0 spiro atoms. The molecule has 0 aliphatic carbocycles. The number of hydrogen-bond acceptors (Lipinski definition) is 6. The van der Waals surface area contributed by atoms with Gasteiger partial charge >= 0.3 is 0 Å². The lowest BCUT2D eigenvalue weighted by Crippen LogP contribution is -2.67. The molecule has 4 aliphatic heterocycles. The lowest BCUT2D eigenvalue weighted by atomic mass is 9.87. The van der Waals surface area contributed by atoms with E-state index in [1.54, 1.807) is 0 Å². The second-order valence-corrected chi connectivity index (χ2v) is 20.1. The number of nitrogens with zero attached hydrogens (tertiary/aromatic N) is 6. The molecule has 4 atom stereocenters. The van der Waals surface area contributed by atoms with E-state index in [-0.39, 0.29) is 16.6 Å². The quantitative estimate of drug-likeness (QED) is 0.316. The molecule has 6 nitrogen and oxygen atoms in total. The Balaban J connectivity index is 1.51. The first-order valence-corrected chi connectivity index (χ1v) is 19.2. The van der Waals surface area contributed by atoms with Gasteiger partial charge in [-0.25, -0.2) is 0 Å². The summed E-state index contributed by atoms with van der Waals surface area (Å²) < 4.78 is 0. The predicted octanol–water partition coefficient (Wildman–Crippen LogP) is 6.89. The molecule has 0 bridgehead atoms. The van der Waals surface area contributed by atoms with Crippen LogP contribution >= 0.6 is 0 Å². The van der Waals surface area contributed by atoms with Gasteiger partial charge < -0.3 is 4.90 Å². The fourth-order valence-corrected chi connectivity index (χ4v) is 9.55. The Morgan fingerprint density at radius 1 is 0.467 bits per heavy atom. The van der Waals surface area contributed by atoms with Crippen LogP contribution in [0.25, 0.3) is 0 Å². The van der Waals surface area contributed by atoms with Gasteiger partial charge in [0, 0.05) is 98.7 Å². The van der Waals surface area contributed by atoms with E-state index in [2.05, 4.69) is 126 Å². The normalized spacial score (nSPS) is 31.6. The molecule has 0 aromatic rings. The van der Waals surface area contributed by atoms with E-state index in [4.69, 9.17) is 0 Å². The number of rotatable bonds is 6. The molecule has 264 valence electrons. The van der Waals surface area contributed by atoms with Crippen molar-refractivity contribution in [2.24, 2.45) is 5.41 Å². The van der Waals surface area contributed by atoms with E-state index in [0.717, 1.165) is 12.1 Å². The van der Waals surface area contributed by atoms with E-state index >= 15 is 0 Å². The number of likely N-dealkylation sites (tertiary alicyclic amines) is 2. The van der Waals surface area contributed by atoms with E-state index in [1.165, 1.54) is 97.4 Å². The second-order valence-electron chi connectivity index (χ2n) is 20.1. The van der Waals surface area contributed by atoms with E-state index < -0.39 is 0 Å². The average molecular weight is 631 g/mol. The number of hydrogen-bond donors (Lipinski definition) is 0. The summed E-state index contributed by atoms with van der Waals surface area (Å²) in [6, 6.07) is 4.00. The average Bonchev–Trinajstić information content (AvgIpc) is 2.89. The van der Waals surface area contributed by atoms with Crippen molar-refractivity contribution in [1.29, 1.82) is 0 Å². The minimum Gasteiger partial charge on any atom is -0.303 e. The van der Waals surface area contributed by atoms with Gasteiger partial charge in [0.25, 0.3) is 0 Å². The summed E-state index contributed by atoms with van der Waals surface area (Å²) in [6.07, 6.45) is 7.97. The Kier molecular flexibility index (Phi) is 12.0. The molecule has 0 N–H and O–H groups in total. The van der Waals surface area contributed by atoms with Crippen molar-refractivity contribution in [3.8, 4) is 0 Å². The summed E-state index contributed by atoms with van der Waals surface area (Å²) in [5, 5.41) is 0. The molecule has 4 unspecified atom stereocenters. The highest BCUT2D eigenvalue weighted by Gasteiger charge is 2.44. The van der Waals surface area contributed by atoms with Gasteiger partial charge in [-0.05, 0) is 133 Å². The summed E-state index contributed by atoms with van der Waals surface area (Å²) in [7, 11) is 0. The summed E-state index contributed by atoms with van der Waals surface area (Å²) in [4.78, 5) is 17.2. The van der Waals surface area contributed by atoms with Crippen LogP contribution in [0.5, 0.6) is 0 Å². The summed E-state index contributed by atoms with van der Waals surface area (Å²) in [5.41, 5.74) is 1.12. The Hall–Kier alpha value is -0.240. The standard InChI is InChI=1S/C39H78N6/c1-30-25-42(38(9,10)11)27-34(44(30)32-17-21-40(22-18-32)29-36(3,4)5)15-16-35-28-43(39(12,13)14)26-31(2)45(35)33-19-23-41(24-20-33)37(6,7)8/h30-35H,15-29H2,1-14H3. The molecule has 6 heteroatoms. The minimum absolute atomic E-state index is 0.226. The zero-order chi connectivity index (χ0) is 33.5. The van der Waals surface area contributed by atoms with Crippen molar-refractivity contribution in [2.45, 2.75) is 188 Å². The highest BCUT2D eigenvalue weighted by molar-refractivity contribution is 5.00.